The van der Waals surface area contributed by atoms with Crippen LogP contribution >= 0.6 is 0 Å². The number of para-hydroxylation sites is 1. The fourth-order valence-corrected chi connectivity index (χ4v) is 1.81. The van der Waals surface area contributed by atoms with Gasteiger partial charge in [0.05, 0.1) is 5.92 Å². The molecule has 0 aliphatic heterocycles. The predicted molar refractivity (Wildman–Crippen MR) is 81.0 cm³/mol. The molecule has 0 saturated carbocycles. The van der Waals surface area contributed by atoms with Crippen LogP contribution in [-0.2, 0) is 9.53 Å². The van der Waals surface area contributed by atoms with E-state index in [2.05, 4.69) is 19.9 Å². The van der Waals surface area contributed by atoms with Crippen LogP contribution in [0.3, 0.4) is 0 Å². The van der Waals surface area contributed by atoms with Crippen molar-refractivity contribution < 1.29 is 14.3 Å². The molecular formula is C17H26O3. The van der Waals surface area contributed by atoms with Gasteiger partial charge >= 0.3 is 5.97 Å². The van der Waals surface area contributed by atoms with Gasteiger partial charge in [-0.15, -0.1) is 0 Å². The van der Waals surface area contributed by atoms with Gasteiger partial charge in [-0.05, 0) is 30.9 Å². The lowest BCUT2D eigenvalue weighted by Crippen LogP contribution is -2.24. The number of esters is 1. The maximum absolute atomic E-state index is 11.5. The van der Waals surface area contributed by atoms with Crippen LogP contribution in [0.4, 0.5) is 0 Å². The first-order valence-corrected chi connectivity index (χ1v) is 7.37. The van der Waals surface area contributed by atoms with Crippen LogP contribution in [0.5, 0.6) is 5.75 Å². The van der Waals surface area contributed by atoms with E-state index in [1.54, 1.807) is 0 Å². The van der Waals surface area contributed by atoms with Gasteiger partial charge in [-0.1, -0.05) is 45.9 Å². The van der Waals surface area contributed by atoms with Crippen molar-refractivity contribution in [3.8, 4) is 5.75 Å². The third kappa shape index (κ3) is 4.87. The number of carbonyl (C=O) groups is 1. The van der Waals surface area contributed by atoms with Crippen molar-refractivity contribution in [2.75, 3.05) is 6.61 Å². The Balaban J connectivity index is 2.59. The van der Waals surface area contributed by atoms with E-state index in [-0.39, 0.29) is 18.0 Å². The lowest BCUT2D eigenvalue weighted by Gasteiger charge is -2.19. The van der Waals surface area contributed by atoms with Gasteiger partial charge in [0.2, 0.25) is 0 Å². The van der Waals surface area contributed by atoms with Crippen molar-refractivity contribution in [2.45, 2.75) is 53.1 Å². The number of benzene rings is 1. The average Bonchev–Trinajstić information content (AvgIpc) is 2.44. The molecule has 1 aromatic rings. The standard InChI is InChI=1S/C17H26O3/c1-6-13(4)15-9-7-8-10-16(15)19-11-14(5)20-17(18)12(2)3/h7-10,12-14H,6,11H2,1-5H3/t13-,14-/m1/s1. The molecule has 0 radical (unpaired) electrons. The Bertz CT molecular complexity index is 426. The molecule has 0 aromatic heterocycles. The van der Waals surface area contributed by atoms with E-state index in [1.807, 2.05) is 39.0 Å². The third-order valence-electron chi connectivity index (χ3n) is 3.32. The number of hydrogen-bond donors (Lipinski definition) is 0. The first-order valence-electron chi connectivity index (χ1n) is 7.37. The van der Waals surface area contributed by atoms with Crippen LogP contribution in [0.25, 0.3) is 0 Å². The normalized spacial score (nSPS) is 13.9. The van der Waals surface area contributed by atoms with Crippen LogP contribution in [-0.4, -0.2) is 18.7 Å². The number of carbonyl (C=O) groups excluding carboxylic acids is 1. The Labute approximate surface area is 122 Å². The predicted octanol–water partition coefficient (Wildman–Crippen LogP) is 4.17. The first kappa shape index (κ1) is 16.5. The Kier molecular flexibility index (Phi) is 6.56. The van der Waals surface area contributed by atoms with Crippen molar-refractivity contribution in [2.24, 2.45) is 5.92 Å². The Morgan fingerprint density at radius 2 is 1.80 bits per heavy atom. The highest BCUT2D eigenvalue weighted by atomic mass is 16.6. The van der Waals surface area contributed by atoms with Gasteiger partial charge < -0.3 is 9.47 Å². The van der Waals surface area contributed by atoms with Gasteiger partial charge in [-0.25, -0.2) is 0 Å². The average molecular weight is 278 g/mol. The summed E-state index contributed by atoms with van der Waals surface area (Å²) in [6, 6.07) is 8.05. The number of hydrogen-bond acceptors (Lipinski definition) is 3. The van der Waals surface area contributed by atoms with Crippen molar-refractivity contribution in [1.29, 1.82) is 0 Å². The molecule has 0 spiro atoms. The minimum absolute atomic E-state index is 0.107. The molecule has 0 N–H and O–H groups in total. The molecule has 0 aliphatic carbocycles. The Morgan fingerprint density at radius 3 is 2.40 bits per heavy atom. The molecule has 20 heavy (non-hydrogen) atoms. The quantitative estimate of drug-likeness (QED) is 0.702. The zero-order valence-corrected chi connectivity index (χ0v) is 13.2. The van der Waals surface area contributed by atoms with E-state index >= 15 is 0 Å². The van der Waals surface area contributed by atoms with Gasteiger partial charge in [0.15, 0.2) is 0 Å². The van der Waals surface area contributed by atoms with Crippen molar-refractivity contribution >= 4 is 5.97 Å². The second-order valence-corrected chi connectivity index (χ2v) is 5.56. The second-order valence-electron chi connectivity index (χ2n) is 5.56. The van der Waals surface area contributed by atoms with E-state index in [1.165, 1.54) is 5.56 Å². The van der Waals surface area contributed by atoms with Crippen LogP contribution in [0.1, 0.15) is 52.5 Å². The molecule has 0 fully saturated rings. The number of ether oxygens (including phenoxy) is 2. The molecule has 0 heterocycles. The molecule has 1 aromatic carbocycles. The van der Waals surface area contributed by atoms with E-state index in [9.17, 15) is 4.79 Å². The summed E-state index contributed by atoms with van der Waals surface area (Å²) >= 11 is 0. The summed E-state index contributed by atoms with van der Waals surface area (Å²) < 4.78 is 11.1. The van der Waals surface area contributed by atoms with Gasteiger partial charge in [0.25, 0.3) is 0 Å². The highest BCUT2D eigenvalue weighted by Crippen LogP contribution is 2.28. The van der Waals surface area contributed by atoms with E-state index < -0.39 is 0 Å². The number of rotatable bonds is 7. The molecule has 3 heteroatoms. The SMILES string of the molecule is CC[C@@H](C)c1ccccc1OC[C@@H](C)OC(=O)C(C)C. The van der Waals surface area contributed by atoms with Crippen LogP contribution in [0.2, 0.25) is 0 Å². The minimum atomic E-state index is -0.241. The summed E-state index contributed by atoms with van der Waals surface area (Å²) in [5, 5.41) is 0. The smallest absolute Gasteiger partial charge is 0.308 e. The molecule has 112 valence electrons. The molecule has 0 saturated heterocycles. The van der Waals surface area contributed by atoms with Gasteiger partial charge in [-0.3, -0.25) is 4.79 Å². The lowest BCUT2D eigenvalue weighted by atomic mass is 9.98. The Hall–Kier alpha value is -1.51. The molecule has 2 atom stereocenters. The molecule has 1 rings (SSSR count). The summed E-state index contributed by atoms with van der Waals surface area (Å²) in [5.41, 5.74) is 1.21. The Morgan fingerprint density at radius 1 is 1.15 bits per heavy atom. The summed E-state index contributed by atoms with van der Waals surface area (Å²) in [5.74, 6) is 1.05. The molecule has 3 nitrogen and oxygen atoms in total. The zero-order valence-electron chi connectivity index (χ0n) is 13.2. The summed E-state index contributed by atoms with van der Waals surface area (Å²) in [6.45, 7) is 10.2. The third-order valence-corrected chi connectivity index (χ3v) is 3.32. The maximum Gasteiger partial charge on any atom is 0.308 e. The maximum atomic E-state index is 11.5. The largest absolute Gasteiger partial charge is 0.489 e. The van der Waals surface area contributed by atoms with E-state index in [0.717, 1.165) is 12.2 Å². The van der Waals surface area contributed by atoms with Crippen LogP contribution < -0.4 is 4.74 Å². The highest BCUT2D eigenvalue weighted by Gasteiger charge is 2.15. The summed E-state index contributed by atoms with van der Waals surface area (Å²) in [4.78, 5) is 11.5. The van der Waals surface area contributed by atoms with Crippen molar-refractivity contribution in [3.63, 3.8) is 0 Å². The fraction of sp³-hybridized carbons (Fsp3) is 0.588. The molecule has 0 aliphatic rings. The highest BCUT2D eigenvalue weighted by molar-refractivity contribution is 5.71. The lowest BCUT2D eigenvalue weighted by molar-refractivity contribution is -0.153. The molecule has 0 amide bonds. The van der Waals surface area contributed by atoms with E-state index in [0.29, 0.717) is 12.5 Å². The molecular weight excluding hydrogens is 252 g/mol. The first-order chi connectivity index (χ1) is 9.45. The topological polar surface area (TPSA) is 35.5 Å². The minimum Gasteiger partial charge on any atom is -0.489 e. The van der Waals surface area contributed by atoms with Gasteiger partial charge in [0, 0.05) is 0 Å². The zero-order chi connectivity index (χ0) is 15.1. The van der Waals surface area contributed by atoms with Crippen molar-refractivity contribution in [1.82, 2.24) is 0 Å². The molecule has 0 bridgehead atoms. The summed E-state index contributed by atoms with van der Waals surface area (Å²) in [6.07, 6.45) is 0.827. The monoisotopic (exact) mass is 278 g/mol. The van der Waals surface area contributed by atoms with Crippen molar-refractivity contribution in [3.05, 3.63) is 29.8 Å². The second kappa shape index (κ2) is 7.93. The van der Waals surface area contributed by atoms with Gasteiger partial charge in [0.1, 0.15) is 18.5 Å². The van der Waals surface area contributed by atoms with Crippen LogP contribution in [0, 0.1) is 5.92 Å². The molecule has 0 unspecified atom stereocenters. The van der Waals surface area contributed by atoms with E-state index in [4.69, 9.17) is 9.47 Å². The van der Waals surface area contributed by atoms with Crippen LogP contribution in [0.15, 0.2) is 24.3 Å². The van der Waals surface area contributed by atoms with Gasteiger partial charge in [-0.2, -0.15) is 0 Å². The summed E-state index contributed by atoms with van der Waals surface area (Å²) in [7, 11) is 0. The fourth-order valence-electron chi connectivity index (χ4n) is 1.81.